The summed E-state index contributed by atoms with van der Waals surface area (Å²) in [5.41, 5.74) is 5.68. The number of hydrogen-bond acceptors (Lipinski definition) is 5. The first-order valence-corrected chi connectivity index (χ1v) is 8.21. The number of nitrogens with zero attached hydrogens (tertiary/aromatic N) is 1. The van der Waals surface area contributed by atoms with E-state index in [9.17, 15) is 18.0 Å². The van der Waals surface area contributed by atoms with E-state index in [0.717, 1.165) is 6.26 Å². The molecule has 1 unspecified atom stereocenters. The Bertz CT molecular complexity index is 440. The summed E-state index contributed by atoms with van der Waals surface area (Å²) >= 11 is 0. The van der Waals surface area contributed by atoms with Gasteiger partial charge in [0, 0.05) is 19.3 Å². The fraction of sp³-hybridized carbons (Fsp3) is 0.818. The van der Waals surface area contributed by atoms with Crippen LogP contribution in [0.3, 0.4) is 0 Å². The third kappa shape index (κ3) is 5.15. The van der Waals surface area contributed by atoms with Crippen molar-refractivity contribution in [1.82, 2.24) is 4.90 Å². The summed E-state index contributed by atoms with van der Waals surface area (Å²) in [7, 11) is -3.13. The molecule has 0 spiro atoms. The van der Waals surface area contributed by atoms with Crippen LogP contribution in [0.15, 0.2) is 0 Å². The van der Waals surface area contributed by atoms with E-state index < -0.39 is 27.8 Å². The van der Waals surface area contributed by atoms with Crippen LogP contribution < -0.4 is 5.73 Å². The molecule has 1 rings (SSSR count). The van der Waals surface area contributed by atoms with Gasteiger partial charge in [-0.1, -0.05) is 0 Å². The van der Waals surface area contributed by atoms with Crippen molar-refractivity contribution in [1.29, 1.82) is 0 Å². The Morgan fingerprint density at radius 2 is 1.89 bits per heavy atom. The van der Waals surface area contributed by atoms with Crippen molar-refractivity contribution in [3.8, 4) is 0 Å². The number of nitrogens with two attached hydrogens (primary N) is 1. The van der Waals surface area contributed by atoms with Gasteiger partial charge < -0.3 is 15.7 Å². The second-order valence-corrected chi connectivity index (χ2v) is 7.22. The van der Waals surface area contributed by atoms with Gasteiger partial charge in [0.2, 0.25) is 5.91 Å². The van der Waals surface area contributed by atoms with Crippen molar-refractivity contribution >= 4 is 21.7 Å². The van der Waals surface area contributed by atoms with E-state index in [1.807, 2.05) is 0 Å². The smallest absolute Gasteiger partial charge is 0.306 e. The largest absolute Gasteiger partial charge is 0.481 e. The molecule has 0 saturated carbocycles. The number of rotatable bonds is 5. The van der Waals surface area contributed by atoms with Gasteiger partial charge in [0.15, 0.2) is 0 Å². The van der Waals surface area contributed by atoms with Gasteiger partial charge in [-0.05, 0) is 19.3 Å². The highest BCUT2D eigenvalue weighted by molar-refractivity contribution is 7.90. The van der Waals surface area contributed by atoms with Gasteiger partial charge in [-0.25, -0.2) is 8.42 Å². The highest BCUT2D eigenvalue weighted by Gasteiger charge is 2.29. The van der Waals surface area contributed by atoms with Crippen LogP contribution in [0.4, 0.5) is 0 Å². The Hall–Kier alpha value is -1.15. The normalized spacial score (nSPS) is 19.2. The van der Waals surface area contributed by atoms with Crippen LogP contribution in [-0.2, 0) is 19.4 Å². The number of carboxylic acids is 1. The molecule has 1 aliphatic rings. The van der Waals surface area contributed by atoms with Gasteiger partial charge in [0.25, 0.3) is 0 Å². The van der Waals surface area contributed by atoms with Gasteiger partial charge in [-0.3, -0.25) is 9.59 Å². The molecule has 1 saturated heterocycles. The van der Waals surface area contributed by atoms with Gasteiger partial charge in [-0.2, -0.15) is 0 Å². The molecule has 0 aliphatic carbocycles. The number of carbonyl (C=O) groups is 2. The summed E-state index contributed by atoms with van der Waals surface area (Å²) in [6.45, 7) is 0.727. The van der Waals surface area contributed by atoms with Crippen LogP contribution in [-0.4, -0.2) is 61.4 Å². The number of carboxylic acid groups (broad SMARTS) is 1. The second kappa shape index (κ2) is 6.33. The van der Waals surface area contributed by atoms with Crippen LogP contribution in [0.5, 0.6) is 0 Å². The predicted molar refractivity (Wildman–Crippen MR) is 69.2 cm³/mol. The molecule has 7 nitrogen and oxygen atoms in total. The molecule has 0 aromatic rings. The van der Waals surface area contributed by atoms with Crippen LogP contribution in [0.2, 0.25) is 0 Å². The second-order valence-electron chi connectivity index (χ2n) is 4.96. The summed E-state index contributed by atoms with van der Waals surface area (Å²) in [6, 6.07) is -0.837. The first-order chi connectivity index (χ1) is 8.70. The van der Waals surface area contributed by atoms with Crippen molar-refractivity contribution in [3.63, 3.8) is 0 Å². The van der Waals surface area contributed by atoms with E-state index in [1.54, 1.807) is 0 Å². The van der Waals surface area contributed by atoms with Crippen molar-refractivity contribution in [2.75, 3.05) is 25.1 Å². The van der Waals surface area contributed by atoms with Crippen LogP contribution >= 0.6 is 0 Å². The van der Waals surface area contributed by atoms with Crippen LogP contribution in [0.1, 0.15) is 19.3 Å². The van der Waals surface area contributed by atoms with Gasteiger partial charge in [-0.15, -0.1) is 0 Å². The van der Waals surface area contributed by atoms with Gasteiger partial charge in [0.1, 0.15) is 9.84 Å². The van der Waals surface area contributed by atoms with Crippen molar-refractivity contribution in [2.45, 2.75) is 25.3 Å². The predicted octanol–water partition coefficient (Wildman–Crippen LogP) is -0.928. The summed E-state index contributed by atoms with van der Waals surface area (Å²) in [5.74, 6) is -1.66. The van der Waals surface area contributed by atoms with E-state index >= 15 is 0 Å². The maximum Gasteiger partial charge on any atom is 0.306 e. The number of likely N-dealkylation sites (tertiary alicyclic amines) is 1. The third-order valence-corrected chi connectivity index (χ3v) is 4.25. The minimum atomic E-state index is -3.13. The molecule has 8 heteroatoms. The molecule has 0 aromatic heterocycles. The molecule has 1 aliphatic heterocycles. The molecular formula is C11H20N2O5S. The maximum atomic E-state index is 12.0. The zero-order valence-corrected chi connectivity index (χ0v) is 11.7. The van der Waals surface area contributed by atoms with E-state index in [-0.39, 0.29) is 18.1 Å². The molecule has 1 heterocycles. The molecule has 1 fully saturated rings. The lowest BCUT2D eigenvalue weighted by atomic mass is 9.96. The average molecular weight is 292 g/mol. The highest BCUT2D eigenvalue weighted by atomic mass is 32.2. The average Bonchev–Trinajstić information content (AvgIpc) is 2.34. The molecule has 1 amide bonds. The molecule has 110 valence electrons. The number of piperidine rings is 1. The first kappa shape index (κ1) is 15.9. The van der Waals surface area contributed by atoms with E-state index in [1.165, 1.54) is 4.90 Å². The monoisotopic (exact) mass is 292 g/mol. The SMILES string of the molecule is CS(=O)(=O)CCC(N)C(=O)N1CCC(C(=O)O)CC1. The number of carbonyl (C=O) groups excluding carboxylic acids is 1. The molecule has 1 atom stereocenters. The lowest BCUT2D eigenvalue weighted by Crippen LogP contribution is -2.48. The standard InChI is InChI=1S/C11H20N2O5S/c1-19(17,18)7-4-9(12)10(14)13-5-2-8(3-6-13)11(15)16/h8-9H,2-7,12H2,1H3,(H,15,16). The molecule has 0 bridgehead atoms. The Labute approximate surface area is 112 Å². The lowest BCUT2D eigenvalue weighted by molar-refractivity contribution is -0.146. The molecular weight excluding hydrogens is 272 g/mol. The molecule has 0 radical (unpaired) electrons. The Morgan fingerprint density at radius 1 is 1.37 bits per heavy atom. The Balaban J connectivity index is 2.44. The highest BCUT2D eigenvalue weighted by Crippen LogP contribution is 2.18. The molecule has 0 aromatic carbocycles. The van der Waals surface area contributed by atoms with Crippen molar-refractivity contribution < 1.29 is 23.1 Å². The zero-order chi connectivity index (χ0) is 14.6. The zero-order valence-electron chi connectivity index (χ0n) is 10.9. The van der Waals surface area contributed by atoms with Gasteiger partial charge >= 0.3 is 5.97 Å². The van der Waals surface area contributed by atoms with Crippen molar-refractivity contribution in [2.24, 2.45) is 11.7 Å². The molecule has 3 N–H and O–H groups in total. The molecule has 19 heavy (non-hydrogen) atoms. The third-order valence-electron chi connectivity index (χ3n) is 3.27. The maximum absolute atomic E-state index is 12.0. The number of sulfone groups is 1. The van der Waals surface area contributed by atoms with E-state index in [2.05, 4.69) is 0 Å². The minimum Gasteiger partial charge on any atom is -0.481 e. The van der Waals surface area contributed by atoms with E-state index in [0.29, 0.717) is 25.9 Å². The van der Waals surface area contributed by atoms with E-state index in [4.69, 9.17) is 10.8 Å². The lowest BCUT2D eigenvalue weighted by Gasteiger charge is -2.31. The number of amides is 1. The summed E-state index contributed by atoms with van der Waals surface area (Å²) in [5, 5.41) is 8.85. The summed E-state index contributed by atoms with van der Waals surface area (Å²) in [4.78, 5) is 24.3. The van der Waals surface area contributed by atoms with Crippen LogP contribution in [0.25, 0.3) is 0 Å². The number of hydrogen-bond donors (Lipinski definition) is 2. The fourth-order valence-electron chi connectivity index (χ4n) is 2.05. The topological polar surface area (TPSA) is 118 Å². The Morgan fingerprint density at radius 3 is 2.32 bits per heavy atom. The Kier molecular flexibility index (Phi) is 5.30. The fourth-order valence-corrected chi connectivity index (χ4v) is 2.73. The quantitative estimate of drug-likeness (QED) is 0.676. The van der Waals surface area contributed by atoms with Crippen LogP contribution in [0, 0.1) is 5.92 Å². The van der Waals surface area contributed by atoms with Gasteiger partial charge in [0.05, 0.1) is 17.7 Å². The van der Waals surface area contributed by atoms with Crippen molar-refractivity contribution in [3.05, 3.63) is 0 Å². The summed E-state index contributed by atoms with van der Waals surface area (Å²) in [6.07, 6.45) is 2.03. The number of aliphatic carboxylic acids is 1. The summed E-state index contributed by atoms with van der Waals surface area (Å²) < 4.78 is 22.0. The minimum absolute atomic E-state index is 0.0938. The first-order valence-electron chi connectivity index (χ1n) is 6.15.